The number of benzene rings is 2. The number of halogens is 3. The number of nitrogens with one attached hydrogen (secondary N) is 1. The van der Waals surface area contributed by atoms with Gasteiger partial charge in [-0.25, -0.2) is 4.39 Å². The molecule has 0 aliphatic carbocycles. The molecule has 0 heterocycles. The van der Waals surface area contributed by atoms with Crippen LogP contribution in [0.3, 0.4) is 0 Å². The summed E-state index contributed by atoms with van der Waals surface area (Å²) in [5.41, 5.74) is 0.967. The van der Waals surface area contributed by atoms with Crippen molar-refractivity contribution < 1.29 is 14.3 Å². The van der Waals surface area contributed by atoms with Crippen molar-refractivity contribution in [2.75, 3.05) is 6.61 Å². The molecule has 2 aromatic carbocycles. The van der Waals surface area contributed by atoms with Crippen LogP contribution in [0.1, 0.15) is 15.9 Å². The predicted octanol–water partition coefficient (Wildman–Crippen LogP) is 3.47. The second-order valence-electron chi connectivity index (χ2n) is 4.78. The SMILES string of the molecule is O=C(N[C@H](CO)Cc1ccc(F)cc1)c1c(Cl)cccc1Cl. The number of aliphatic hydroxyl groups is 1. The van der Waals surface area contributed by atoms with E-state index in [-0.39, 0.29) is 28.0 Å². The van der Waals surface area contributed by atoms with Crippen LogP contribution in [0.25, 0.3) is 0 Å². The number of aliphatic hydroxyl groups excluding tert-OH is 1. The normalized spacial score (nSPS) is 12.0. The fraction of sp³-hybridized carbons (Fsp3) is 0.188. The fourth-order valence-electron chi connectivity index (χ4n) is 2.04. The monoisotopic (exact) mass is 341 g/mol. The first-order valence-corrected chi connectivity index (χ1v) is 7.37. The molecule has 0 radical (unpaired) electrons. The number of amides is 1. The van der Waals surface area contributed by atoms with E-state index in [9.17, 15) is 14.3 Å². The Morgan fingerprint density at radius 3 is 2.27 bits per heavy atom. The van der Waals surface area contributed by atoms with E-state index >= 15 is 0 Å². The van der Waals surface area contributed by atoms with E-state index in [1.54, 1.807) is 30.3 Å². The maximum atomic E-state index is 12.9. The zero-order valence-electron chi connectivity index (χ0n) is 11.5. The van der Waals surface area contributed by atoms with Crippen LogP contribution in [-0.2, 0) is 6.42 Å². The van der Waals surface area contributed by atoms with Gasteiger partial charge in [-0.05, 0) is 36.2 Å². The van der Waals surface area contributed by atoms with Gasteiger partial charge in [0.25, 0.3) is 5.91 Å². The minimum atomic E-state index is -0.523. The summed E-state index contributed by atoms with van der Waals surface area (Å²) in [4.78, 5) is 12.2. The van der Waals surface area contributed by atoms with Crippen molar-refractivity contribution in [3.05, 3.63) is 69.5 Å². The van der Waals surface area contributed by atoms with E-state index < -0.39 is 11.9 Å². The summed E-state index contributed by atoms with van der Waals surface area (Å²) in [6.07, 6.45) is 0.366. The maximum Gasteiger partial charge on any atom is 0.254 e. The van der Waals surface area contributed by atoms with Crippen LogP contribution < -0.4 is 5.32 Å². The summed E-state index contributed by atoms with van der Waals surface area (Å²) >= 11 is 12.0. The van der Waals surface area contributed by atoms with Gasteiger partial charge < -0.3 is 10.4 Å². The lowest BCUT2D eigenvalue weighted by molar-refractivity contribution is 0.0917. The van der Waals surface area contributed by atoms with E-state index in [2.05, 4.69) is 5.32 Å². The van der Waals surface area contributed by atoms with Crippen LogP contribution in [-0.4, -0.2) is 23.7 Å². The molecule has 1 amide bonds. The van der Waals surface area contributed by atoms with Gasteiger partial charge in [0.1, 0.15) is 5.82 Å². The van der Waals surface area contributed by atoms with Gasteiger partial charge >= 0.3 is 0 Å². The quantitative estimate of drug-likeness (QED) is 0.874. The van der Waals surface area contributed by atoms with Gasteiger partial charge in [0, 0.05) is 0 Å². The lowest BCUT2D eigenvalue weighted by Gasteiger charge is -2.17. The van der Waals surface area contributed by atoms with Crippen molar-refractivity contribution in [2.45, 2.75) is 12.5 Å². The average molecular weight is 342 g/mol. The van der Waals surface area contributed by atoms with Gasteiger partial charge in [0.2, 0.25) is 0 Å². The number of hydrogen-bond acceptors (Lipinski definition) is 2. The lowest BCUT2D eigenvalue weighted by atomic mass is 10.1. The third-order valence-corrected chi connectivity index (χ3v) is 3.77. The van der Waals surface area contributed by atoms with E-state index in [1.807, 2.05) is 0 Å². The minimum absolute atomic E-state index is 0.170. The van der Waals surface area contributed by atoms with Crippen molar-refractivity contribution >= 4 is 29.1 Å². The standard InChI is InChI=1S/C16H14Cl2FNO2/c17-13-2-1-3-14(18)15(13)16(22)20-12(9-21)8-10-4-6-11(19)7-5-10/h1-7,12,21H,8-9H2,(H,20,22)/t12-/m0/s1. The van der Waals surface area contributed by atoms with Crippen molar-refractivity contribution in [3.63, 3.8) is 0 Å². The molecule has 2 rings (SSSR count). The highest BCUT2D eigenvalue weighted by Crippen LogP contribution is 2.24. The maximum absolute atomic E-state index is 12.9. The van der Waals surface area contributed by atoms with Gasteiger partial charge in [0.15, 0.2) is 0 Å². The molecule has 0 aliphatic rings. The zero-order chi connectivity index (χ0) is 16.1. The average Bonchev–Trinajstić information content (AvgIpc) is 2.48. The Hall–Kier alpha value is -1.62. The molecular formula is C16H14Cl2FNO2. The summed E-state index contributed by atoms with van der Waals surface area (Å²) < 4.78 is 12.9. The van der Waals surface area contributed by atoms with E-state index in [0.29, 0.717) is 6.42 Å². The molecular weight excluding hydrogens is 328 g/mol. The van der Waals surface area contributed by atoms with Gasteiger partial charge in [-0.1, -0.05) is 41.4 Å². The number of carbonyl (C=O) groups excluding carboxylic acids is 1. The molecule has 0 aliphatic heterocycles. The summed E-state index contributed by atoms with van der Waals surface area (Å²) in [5, 5.41) is 12.6. The van der Waals surface area contributed by atoms with E-state index in [4.69, 9.17) is 23.2 Å². The van der Waals surface area contributed by atoms with Gasteiger partial charge in [-0.15, -0.1) is 0 Å². The van der Waals surface area contributed by atoms with Gasteiger partial charge in [-0.2, -0.15) is 0 Å². The summed E-state index contributed by atoms with van der Waals surface area (Å²) in [5.74, 6) is -0.798. The van der Waals surface area contributed by atoms with Crippen LogP contribution in [0, 0.1) is 5.82 Å². The summed E-state index contributed by atoms with van der Waals surface area (Å²) in [6, 6.07) is 10.1. The summed E-state index contributed by atoms with van der Waals surface area (Å²) in [6.45, 7) is -0.259. The van der Waals surface area contributed by atoms with Crippen molar-refractivity contribution in [1.82, 2.24) is 5.32 Å². The molecule has 3 nitrogen and oxygen atoms in total. The molecule has 0 bridgehead atoms. The van der Waals surface area contributed by atoms with Crippen LogP contribution in [0.2, 0.25) is 10.0 Å². The third-order valence-electron chi connectivity index (χ3n) is 3.14. The smallest absolute Gasteiger partial charge is 0.254 e. The lowest BCUT2D eigenvalue weighted by Crippen LogP contribution is -2.39. The second kappa shape index (κ2) is 7.58. The first-order chi connectivity index (χ1) is 10.5. The highest BCUT2D eigenvalue weighted by Gasteiger charge is 2.18. The topological polar surface area (TPSA) is 49.3 Å². The Labute approximate surface area is 137 Å². The Balaban J connectivity index is 2.09. The van der Waals surface area contributed by atoms with Gasteiger partial charge in [0.05, 0.1) is 28.3 Å². The van der Waals surface area contributed by atoms with E-state index in [0.717, 1.165) is 5.56 Å². The molecule has 0 spiro atoms. The second-order valence-corrected chi connectivity index (χ2v) is 5.59. The molecule has 2 aromatic rings. The molecule has 0 aromatic heterocycles. The van der Waals surface area contributed by atoms with Crippen molar-refractivity contribution in [2.24, 2.45) is 0 Å². The first kappa shape index (κ1) is 16.7. The molecule has 0 saturated heterocycles. The molecule has 1 atom stereocenters. The zero-order valence-corrected chi connectivity index (χ0v) is 13.0. The minimum Gasteiger partial charge on any atom is -0.394 e. The van der Waals surface area contributed by atoms with Gasteiger partial charge in [-0.3, -0.25) is 4.79 Å². The van der Waals surface area contributed by atoms with Crippen LogP contribution in [0.15, 0.2) is 42.5 Å². The van der Waals surface area contributed by atoms with Crippen molar-refractivity contribution in [3.8, 4) is 0 Å². The summed E-state index contributed by atoms with van der Waals surface area (Å²) in [7, 11) is 0. The Morgan fingerprint density at radius 2 is 1.73 bits per heavy atom. The number of hydrogen-bond donors (Lipinski definition) is 2. The molecule has 2 N–H and O–H groups in total. The highest BCUT2D eigenvalue weighted by molar-refractivity contribution is 6.39. The predicted molar refractivity (Wildman–Crippen MR) is 84.9 cm³/mol. The number of rotatable bonds is 5. The molecule has 0 fully saturated rings. The third kappa shape index (κ3) is 4.19. The Bertz CT molecular complexity index is 641. The molecule has 0 unspecified atom stereocenters. The largest absolute Gasteiger partial charge is 0.394 e. The molecule has 0 saturated carbocycles. The first-order valence-electron chi connectivity index (χ1n) is 6.61. The Morgan fingerprint density at radius 1 is 1.14 bits per heavy atom. The highest BCUT2D eigenvalue weighted by atomic mass is 35.5. The number of carbonyl (C=O) groups is 1. The van der Waals surface area contributed by atoms with E-state index in [1.165, 1.54) is 12.1 Å². The van der Waals surface area contributed by atoms with Crippen LogP contribution in [0.4, 0.5) is 4.39 Å². The van der Waals surface area contributed by atoms with Crippen LogP contribution in [0.5, 0.6) is 0 Å². The Kier molecular flexibility index (Phi) is 5.77. The van der Waals surface area contributed by atoms with Crippen molar-refractivity contribution in [1.29, 1.82) is 0 Å². The molecule has 6 heteroatoms. The molecule has 116 valence electrons. The fourth-order valence-corrected chi connectivity index (χ4v) is 2.61. The van der Waals surface area contributed by atoms with Crippen LogP contribution >= 0.6 is 23.2 Å². The molecule has 22 heavy (non-hydrogen) atoms.